The molecule has 0 saturated carbocycles. The Labute approximate surface area is 228 Å². The normalized spacial score (nSPS) is 13.6. The number of aromatic nitrogens is 3. The van der Waals surface area contributed by atoms with Gasteiger partial charge in [-0.1, -0.05) is 116 Å². The van der Waals surface area contributed by atoms with E-state index in [9.17, 15) is 0 Å². The maximum Gasteiger partial charge on any atom is 0.223 e. The van der Waals surface area contributed by atoms with Crippen molar-refractivity contribution in [1.82, 2.24) is 15.0 Å². The molecule has 1 aliphatic carbocycles. The Balaban J connectivity index is 1.32. The van der Waals surface area contributed by atoms with Crippen molar-refractivity contribution in [2.75, 3.05) is 0 Å². The van der Waals surface area contributed by atoms with Crippen LogP contribution in [0.2, 0.25) is 0 Å². The predicted molar refractivity (Wildman–Crippen MR) is 160 cm³/mol. The second kappa shape index (κ2) is 11.1. The number of oxazole rings is 1. The SMILES string of the molecule is C=C/C(=C\C=C\c1ccc2nc(C3=CC=CCC3)oc2c1)c1nc(-c2ccccc2)cc(-c2ccccc2)n1. The van der Waals surface area contributed by atoms with Crippen molar-refractivity contribution in [1.29, 1.82) is 0 Å². The molecule has 0 fully saturated rings. The van der Waals surface area contributed by atoms with Gasteiger partial charge in [-0.15, -0.1) is 0 Å². The van der Waals surface area contributed by atoms with Crippen LogP contribution in [-0.2, 0) is 0 Å². The number of allylic oxidation sites excluding steroid dienone is 8. The van der Waals surface area contributed by atoms with Crippen molar-refractivity contribution < 1.29 is 4.42 Å². The molecule has 0 atom stereocenters. The molecule has 6 rings (SSSR count). The van der Waals surface area contributed by atoms with Crippen molar-refractivity contribution in [3.63, 3.8) is 0 Å². The molecule has 0 radical (unpaired) electrons. The molecule has 3 aromatic carbocycles. The summed E-state index contributed by atoms with van der Waals surface area (Å²) in [5, 5.41) is 0. The van der Waals surface area contributed by atoms with E-state index < -0.39 is 0 Å². The predicted octanol–water partition coefficient (Wildman–Crippen LogP) is 8.97. The first-order valence-electron chi connectivity index (χ1n) is 13.0. The Kier molecular flexibility index (Phi) is 6.91. The molecule has 1 aliphatic rings. The molecule has 0 N–H and O–H groups in total. The fourth-order valence-corrected chi connectivity index (χ4v) is 4.55. The van der Waals surface area contributed by atoms with Crippen molar-refractivity contribution in [2.45, 2.75) is 12.8 Å². The van der Waals surface area contributed by atoms with Gasteiger partial charge >= 0.3 is 0 Å². The minimum atomic E-state index is 0.625. The summed E-state index contributed by atoms with van der Waals surface area (Å²) in [6, 6.07) is 28.4. The number of rotatable bonds is 7. The second-order valence-corrected chi connectivity index (χ2v) is 9.28. The third-order valence-electron chi connectivity index (χ3n) is 6.61. The topological polar surface area (TPSA) is 51.8 Å². The molecule has 0 spiro atoms. The highest BCUT2D eigenvalue weighted by Crippen LogP contribution is 2.28. The Morgan fingerprint density at radius 1 is 0.821 bits per heavy atom. The summed E-state index contributed by atoms with van der Waals surface area (Å²) < 4.78 is 6.08. The van der Waals surface area contributed by atoms with Crippen molar-refractivity contribution >= 4 is 28.3 Å². The first kappa shape index (κ1) is 24.3. The van der Waals surface area contributed by atoms with Gasteiger partial charge in [-0.25, -0.2) is 15.0 Å². The van der Waals surface area contributed by atoms with Gasteiger partial charge in [-0.3, -0.25) is 0 Å². The molecule has 0 unspecified atom stereocenters. The maximum absolute atomic E-state index is 6.08. The molecular weight excluding hydrogens is 478 g/mol. The summed E-state index contributed by atoms with van der Waals surface area (Å²) in [6.45, 7) is 4.04. The van der Waals surface area contributed by atoms with Gasteiger partial charge in [0.2, 0.25) is 5.89 Å². The van der Waals surface area contributed by atoms with Gasteiger partial charge in [0, 0.05) is 22.3 Å². The molecule has 0 bridgehead atoms. The summed E-state index contributed by atoms with van der Waals surface area (Å²) in [5.74, 6) is 1.33. The lowest BCUT2D eigenvalue weighted by Crippen LogP contribution is -1.98. The van der Waals surface area contributed by atoms with E-state index in [4.69, 9.17) is 14.4 Å². The van der Waals surface area contributed by atoms with E-state index in [-0.39, 0.29) is 0 Å². The number of hydrogen-bond donors (Lipinski definition) is 0. The van der Waals surface area contributed by atoms with Crippen molar-refractivity contribution in [3.05, 3.63) is 145 Å². The highest BCUT2D eigenvalue weighted by atomic mass is 16.3. The van der Waals surface area contributed by atoms with E-state index in [0.29, 0.717) is 11.7 Å². The number of hydrogen-bond acceptors (Lipinski definition) is 4. The van der Waals surface area contributed by atoms with Gasteiger partial charge in [-0.05, 0) is 36.6 Å². The van der Waals surface area contributed by atoms with Crippen LogP contribution < -0.4 is 0 Å². The molecule has 5 aromatic rings. The fraction of sp³-hybridized carbons (Fsp3) is 0.0571. The van der Waals surface area contributed by atoms with Crippen LogP contribution >= 0.6 is 0 Å². The molecule has 4 heteroatoms. The third kappa shape index (κ3) is 5.46. The van der Waals surface area contributed by atoms with E-state index in [1.807, 2.05) is 78.9 Å². The average Bonchev–Trinajstić information content (AvgIpc) is 3.44. The standard InChI is InChI=1S/C35H27N3O/c1-2-26(20-12-13-25-21-22-30-33(23-25)39-35(38-30)29-18-10-5-11-19-29)34-36-31(27-14-6-3-7-15-27)24-32(37-34)28-16-8-4-9-17-28/h2-10,12-18,20-24H,1,11,19H2/b13-12+,26-20+. The van der Waals surface area contributed by atoms with E-state index in [0.717, 1.165) is 63.2 Å². The molecule has 0 aliphatic heterocycles. The number of benzene rings is 3. The lowest BCUT2D eigenvalue weighted by Gasteiger charge is -2.09. The van der Waals surface area contributed by atoms with Gasteiger partial charge in [0.25, 0.3) is 0 Å². The van der Waals surface area contributed by atoms with E-state index in [1.54, 1.807) is 6.08 Å². The molecule has 2 heterocycles. The summed E-state index contributed by atoms with van der Waals surface area (Å²) >= 11 is 0. The maximum atomic E-state index is 6.08. The smallest absolute Gasteiger partial charge is 0.223 e. The van der Waals surface area contributed by atoms with E-state index in [2.05, 4.69) is 54.1 Å². The zero-order chi connectivity index (χ0) is 26.4. The minimum absolute atomic E-state index is 0.625. The fourth-order valence-electron chi connectivity index (χ4n) is 4.55. The van der Waals surface area contributed by atoms with E-state index in [1.165, 1.54) is 0 Å². The zero-order valence-corrected chi connectivity index (χ0v) is 21.5. The number of nitrogens with zero attached hydrogens (tertiary/aromatic N) is 3. The largest absolute Gasteiger partial charge is 0.436 e. The van der Waals surface area contributed by atoms with Crippen molar-refractivity contribution in [3.8, 4) is 22.5 Å². The monoisotopic (exact) mass is 505 g/mol. The van der Waals surface area contributed by atoms with Gasteiger partial charge in [-0.2, -0.15) is 0 Å². The Morgan fingerprint density at radius 3 is 2.18 bits per heavy atom. The Hall–Kier alpha value is -5.09. The highest BCUT2D eigenvalue weighted by Gasteiger charge is 2.12. The first-order chi connectivity index (χ1) is 19.3. The second-order valence-electron chi connectivity index (χ2n) is 9.28. The van der Waals surface area contributed by atoms with Crippen LogP contribution in [0, 0.1) is 0 Å². The lowest BCUT2D eigenvalue weighted by molar-refractivity contribution is 0.580. The van der Waals surface area contributed by atoms with Crippen LogP contribution in [0.3, 0.4) is 0 Å². The summed E-state index contributed by atoms with van der Waals surface area (Å²) in [7, 11) is 0. The van der Waals surface area contributed by atoms with Gasteiger partial charge in [0.1, 0.15) is 5.52 Å². The van der Waals surface area contributed by atoms with Crippen LogP contribution in [0.1, 0.15) is 30.1 Å². The van der Waals surface area contributed by atoms with Crippen LogP contribution in [0.25, 0.3) is 50.8 Å². The van der Waals surface area contributed by atoms with Crippen LogP contribution in [0.4, 0.5) is 0 Å². The highest BCUT2D eigenvalue weighted by molar-refractivity contribution is 5.80. The lowest BCUT2D eigenvalue weighted by atomic mass is 10.1. The average molecular weight is 506 g/mol. The quantitative estimate of drug-likeness (QED) is 0.207. The van der Waals surface area contributed by atoms with E-state index >= 15 is 0 Å². The Bertz CT molecular complexity index is 1700. The molecule has 188 valence electrons. The van der Waals surface area contributed by atoms with Crippen molar-refractivity contribution in [2.24, 2.45) is 0 Å². The zero-order valence-electron chi connectivity index (χ0n) is 21.5. The van der Waals surface area contributed by atoms with Gasteiger partial charge in [0.05, 0.1) is 11.4 Å². The minimum Gasteiger partial charge on any atom is -0.436 e. The Morgan fingerprint density at radius 2 is 1.54 bits per heavy atom. The van der Waals surface area contributed by atoms with Gasteiger partial charge in [0.15, 0.2) is 11.4 Å². The first-order valence-corrected chi connectivity index (χ1v) is 13.0. The van der Waals surface area contributed by atoms with Crippen LogP contribution in [0.5, 0.6) is 0 Å². The summed E-state index contributed by atoms with van der Waals surface area (Å²) in [6.07, 6.45) is 16.1. The third-order valence-corrected chi connectivity index (χ3v) is 6.61. The molecular formula is C35H27N3O. The van der Waals surface area contributed by atoms with Crippen LogP contribution in [0.15, 0.2) is 132 Å². The molecule has 0 amide bonds. The summed E-state index contributed by atoms with van der Waals surface area (Å²) in [4.78, 5) is 14.5. The summed E-state index contributed by atoms with van der Waals surface area (Å²) in [5.41, 5.74) is 8.44. The van der Waals surface area contributed by atoms with Crippen LogP contribution in [-0.4, -0.2) is 15.0 Å². The molecule has 0 saturated heterocycles. The molecule has 39 heavy (non-hydrogen) atoms. The molecule has 2 aromatic heterocycles. The number of fused-ring (bicyclic) bond motifs is 1. The molecule has 4 nitrogen and oxygen atoms in total. The van der Waals surface area contributed by atoms with Gasteiger partial charge < -0.3 is 4.42 Å².